The fraction of sp³-hybridized carbons (Fsp3) is 0.650. The summed E-state index contributed by atoms with van der Waals surface area (Å²) in [5, 5.41) is 14.1. The summed E-state index contributed by atoms with van der Waals surface area (Å²) in [6.45, 7) is 1.19. The SMILES string of the molecule is O=C(NC12C[C@@H]3C[C@@H](CC(O)(C3)C1)C2)c1ccc(CN2CCNS2(=O)=O)cc1. The summed E-state index contributed by atoms with van der Waals surface area (Å²) in [6, 6.07) is 7.15. The highest BCUT2D eigenvalue weighted by Crippen LogP contribution is 2.57. The number of amides is 1. The molecule has 1 saturated heterocycles. The Hall–Kier alpha value is -1.48. The van der Waals surface area contributed by atoms with Crippen LogP contribution in [0.2, 0.25) is 0 Å². The van der Waals surface area contributed by atoms with Gasteiger partial charge in [-0.1, -0.05) is 12.1 Å². The zero-order chi connectivity index (χ0) is 19.6. The smallest absolute Gasteiger partial charge is 0.279 e. The number of nitrogens with one attached hydrogen (secondary N) is 2. The Morgan fingerprint density at radius 3 is 2.43 bits per heavy atom. The fourth-order valence-electron chi connectivity index (χ4n) is 6.31. The Morgan fingerprint density at radius 2 is 1.86 bits per heavy atom. The van der Waals surface area contributed by atoms with Crippen LogP contribution in [0.15, 0.2) is 24.3 Å². The van der Waals surface area contributed by atoms with Crippen LogP contribution in [0.25, 0.3) is 0 Å². The molecule has 4 saturated carbocycles. The van der Waals surface area contributed by atoms with Crippen LogP contribution in [0.1, 0.15) is 54.4 Å². The molecular formula is C20H27N3O4S. The molecule has 1 amide bonds. The van der Waals surface area contributed by atoms with Crippen molar-refractivity contribution >= 4 is 16.1 Å². The molecule has 4 atom stereocenters. The van der Waals surface area contributed by atoms with Crippen molar-refractivity contribution in [1.82, 2.24) is 14.3 Å². The highest BCUT2D eigenvalue weighted by atomic mass is 32.2. The summed E-state index contributed by atoms with van der Waals surface area (Å²) >= 11 is 0. The van der Waals surface area contributed by atoms with Gasteiger partial charge in [-0.25, -0.2) is 4.72 Å². The van der Waals surface area contributed by atoms with Crippen LogP contribution in [-0.4, -0.2) is 48.0 Å². The van der Waals surface area contributed by atoms with Crippen LogP contribution >= 0.6 is 0 Å². The number of hydrogen-bond acceptors (Lipinski definition) is 4. The van der Waals surface area contributed by atoms with Crippen LogP contribution in [0.3, 0.4) is 0 Å². The lowest BCUT2D eigenvalue weighted by molar-refractivity contribution is -0.139. The van der Waals surface area contributed by atoms with Crippen molar-refractivity contribution < 1.29 is 18.3 Å². The van der Waals surface area contributed by atoms with E-state index < -0.39 is 15.8 Å². The monoisotopic (exact) mass is 405 g/mol. The van der Waals surface area contributed by atoms with Gasteiger partial charge in [-0.05, 0) is 68.1 Å². The first-order chi connectivity index (χ1) is 13.2. The third-order valence-corrected chi connectivity index (χ3v) is 8.53. The van der Waals surface area contributed by atoms with E-state index in [2.05, 4.69) is 10.0 Å². The van der Waals surface area contributed by atoms with E-state index in [4.69, 9.17) is 0 Å². The topological polar surface area (TPSA) is 98.7 Å². The van der Waals surface area contributed by atoms with E-state index in [1.807, 2.05) is 12.1 Å². The maximum atomic E-state index is 12.9. The first-order valence-electron chi connectivity index (χ1n) is 10.1. The number of carbonyl (C=O) groups is 1. The Bertz CT molecular complexity index is 885. The van der Waals surface area contributed by atoms with E-state index in [9.17, 15) is 18.3 Å². The third kappa shape index (κ3) is 3.26. The number of carbonyl (C=O) groups excluding carboxylic acids is 1. The van der Waals surface area contributed by atoms with Crippen molar-refractivity contribution in [3.05, 3.63) is 35.4 Å². The predicted octanol–water partition coefficient (Wildman–Crippen LogP) is 1.15. The van der Waals surface area contributed by atoms with Crippen molar-refractivity contribution in [3.8, 4) is 0 Å². The van der Waals surface area contributed by atoms with Crippen molar-refractivity contribution in [2.45, 2.75) is 56.2 Å². The van der Waals surface area contributed by atoms with Gasteiger partial charge in [-0.15, -0.1) is 0 Å². The molecule has 28 heavy (non-hydrogen) atoms. The highest BCUT2D eigenvalue weighted by Gasteiger charge is 2.57. The molecule has 152 valence electrons. The largest absolute Gasteiger partial charge is 0.390 e. The van der Waals surface area contributed by atoms with E-state index in [1.165, 1.54) is 10.7 Å². The standard InChI is InChI=1S/C20H27N3O4S/c24-18(22-19-8-15-7-16(9-19)11-20(25,10-15)13-19)17-3-1-14(2-4-17)12-23-6-5-21-28(23,26)27/h1-4,15-16,21,25H,5-13H2,(H,22,24)/t15-,16+,19?,20?. The number of nitrogens with zero attached hydrogens (tertiary/aromatic N) is 1. The average molecular weight is 406 g/mol. The normalized spacial score (nSPS) is 38.6. The van der Waals surface area contributed by atoms with E-state index in [-0.39, 0.29) is 11.4 Å². The fourth-order valence-corrected chi connectivity index (χ4v) is 7.50. The van der Waals surface area contributed by atoms with E-state index in [0.29, 0.717) is 43.5 Å². The maximum Gasteiger partial charge on any atom is 0.279 e. The number of rotatable bonds is 4. The van der Waals surface area contributed by atoms with Crippen molar-refractivity contribution in [1.29, 1.82) is 0 Å². The second kappa shape index (κ2) is 6.26. The Kier molecular flexibility index (Phi) is 4.14. The maximum absolute atomic E-state index is 12.9. The van der Waals surface area contributed by atoms with E-state index >= 15 is 0 Å². The van der Waals surface area contributed by atoms with Gasteiger partial charge >= 0.3 is 0 Å². The molecule has 4 aliphatic carbocycles. The van der Waals surface area contributed by atoms with E-state index in [1.54, 1.807) is 12.1 Å². The first kappa shape index (κ1) is 18.5. The molecule has 4 bridgehead atoms. The van der Waals surface area contributed by atoms with E-state index in [0.717, 1.165) is 31.2 Å². The minimum Gasteiger partial charge on any atom is -0.390 e. The molecule has 0 radical (unpaired) electrons. The second-order valence-corrected chi connectivity index (χ2v) is 11.1. The van der Waals surface area contributed by atoms with Gasteiger partial charge in [0.05, 0.1) is 5.60 Å². The summed E-state index contributed by atoms with van der Waals surface area (Å²) < 4.78 is 27.6. The molecule has 8 heteroatoms. The highest BCUT2D eigenvalue weighted by molar-refractivity contribution is 7.87. The summed E-state index contributed by atoms with van der Waals surface area (Å²) in [6.07, 6.45) is 5.54. The molecule has 1 heterocycles. The minimum absolute atomic E-state index is 0.104. The van der Waals surface area contributed by atoms with Gasteiger partial charge in [0.1, 0.15) is 0 Å². The van der Waals surface area contributed by atoms with Crippen LogP contribution < -0.4 is 10.0 Å². The van der Waals surface area contributed by atoms with Gasteiger partial charge in [0, 0.05) is 30.7 Å². The number of hydrogen-bond donors (Lipinski definition) is 3. The van der Waals surface area contributed by atoms with Gasteiger partial charge in [0.25, 0.3) is 16.1 Å². The molecule has 5 fully saturated rings. The zero-order valence-corrected chi connectivity index (χ0v) is 16.7. The third-order valence-electron chi connectivity index (χ3n) is 6.97. The lowest BCUT2D eigenvalue weighted by Crippen LogP contribution is -2.65. The van der Waals surface area contributed by atoms with Crippen LogP contribution in [0.4, 0.5) is 0 Å². The molecule has 6 rings (SSSR count). The summed E-state index contributed by atoms with van der Waals surface area (Å²) in [5.74, 6) is 0.933. The van der Waals surface area contributed by atoms with Crippen LogP contribution in [0, 0.1) is 11.8 Å². The van der Waals surface area contributed by atoms with Gasteiger partial charge in [0.2, 0.25) is 0 Å². The lowest BCUT2D eigenvalue weighted by Gasteiger charge is -2.60. The second-order valence-electron chi connectivity index (χ2n) is 9.35. The Balaban J connectivity index is 1.27. The summed E-state index contributed by atoms with van der Waals surface area (Å²) in [4.78, 5) is 12.9. The van der Waals surface area contributed by atoms with Crippen molar-refractivity contribution in [3.63, 3.8) is 0 Å². The molecule has 0 aromatic heterocycles. The summed E-state index contributed by atoms with van der Waals surface area (Å²) in [7, 11) is -3.37. The van der Waals surface area contributed by atoms with Gasteiger partial charge in [0.15, 0.2) is 0 Å². The van der Waals surface area contributed by atoms with Gasteiger partial charge in [-0.2, -0.15) is 12.7 Å². The van der Waals surface area contributed by atoms with Crippen LogP contribution in [-0.2, 0) is 16.8 Å². The zero-order valence-electron chi connectivity index (χ0n) is 15.9. The molecule has 7 nitrogen and oxygen atoms in total. The Labute approximate surface area is 165 Å². The molecule has 1 aromatic rings. The minimum atomic E-state index is -3.37. The van der Waals surface area contributed by atoms with Gasteiger partial charge < -0.3 is 10.4 Å². The molecular weight excluding hydrogens is 378 g/mol. The molecule has 3 N–H and O–H groups in total. The Morgan fingerprint density at radius 1 is 1.18 bits per heavy atom. The molecule has 1 aliphatic heterocycles. The number of benzene rings is 1. The van der Waals surface area contributed by atoms with Crippen LogP contribution in [0.5, 0.6) is 0 Å². The molecule has 5 aliphatic rings. The summed E-state index contributed by atoms with van der Waals surface area (Å²) in [5.41, 5.74) is 0.558. The molecule has 2 unspecified atom stereocenters. The van der Waals surface area contributed by atoms with Gasteiger partial charge in [-0.3, -0.25) is 4.79 Å². The quantitative estimate of drug-likeness (QED) is 0.700. The number of aliphatic hydroxyl groups is 1. The lowest BCUT2D eigenvalue weighted by atomic mass is 9.51. The average Bonchev–Trinajstić information content (AvgIpc) is 2.91. The molecule has 0 spiro atoms. The van der Waals surface area contributed by atoms with Crippen molar-refractivity contribution in [2.24, 2.45) is 11.8 Å². The predicted molar refractivity (Wildman–Crippen MR) is 104 cm³/mol. The molecule has 1 aromatic carbocycles. The first-order valence-corrected chi connectivity index (χ1v) is 11.6. The van der Waals surface area contributed by atoms with Crippen molar-refractivity contribution in [2.75, 3.05) is 13.1 Å².